The van der Waals surface area contributed by atoms with E-state index < -0.39 is 0 Å². The lowest BCUT2D eigenvalue weighted by atomic mass is 10.0. The molecule has 0 aliphatic heterocycles. The zero-order valence-electron chi connectivity index (χ0n) is 8.26. The third kappa shape index (κ3) is 2.73. The topological polar surface area (TPSA) is 20.2 Å². The molecule has 0 aromatic heterocycles. The predicted octanol–water partition coefficient (Wildman–Crippen LogP) is 3.66. The monoisotopic (exact) mass is 242 g/mol. The third-order valence-electron chi connectivity index (χ3n) is 1.96. The second-order valence-corrected chi connectivity index (χ2v) is 4.70. The molecule has 1 aromatic carbocycles. The van der Waals surface area contributed by atoms with E-state index in [-0.39, 0.29) is 0 Å². The molecule has 0 radical (unpaired) electrons. The molecule has 1 nitrogen and oxygen atoms in total. The molecule has 0 spiro atoms. The van der Waals surface area contributed by atoms with Gasteiger partial charge in [0.25, 0.3) is 0 Å². The Kier molecular flexibility index (Phi) is 3.37. The van der Waals surface area contributed by atoms with Gasteiger partial charge < -0.3 is 5.11 Å². The first-order valence-electron chi connectivity index (χ1n) is 4.48. The lowest BCUT2D eigenvalue weighted by molar-refractivity contribution is 0.467. The largest absolute Gasteiger partial charge is 0.506 e. The first-order valence-corrected chi connectivity index (χ1v) is 5.28. The number of hydrogen-bond acceptors (Lipinski definition) is 1. The van der Waals surface area contributed by atoms with Gasteiger partial charge in [-0.25, -0.2) is 0 Å². The number of phenolic OH excluding ortho intramolecular Hbond substituents is 1. The molecule has 72 valence electrons. The molecule has 2 heteroatoms. The van der Waals surface area contributed by atoms with E-state index in [1.807, 2.05) is 19.1 Å². The van der Waals surface area contributed by atoms with E-state index in [1.54, 1.807) is 0 Å². The number of aromatic hydroxyl groups is 1. The van der Waals surface area contributed by atoms with E-state index in [0.29, 0.717) is 11.7 Å². The van der Waals surface area contributed by atoms with Gasteiger partial charge in [0.1, 0.15) is 5.75 Å². The second-order valence-electron chi connectivity index (χ2n) is 3.84. The highest BCUT2D eigenvalue weighted by Crippen LogP contribution is 2.29. The molecule has 0 saturated heterocycles. The van der Waals surface area contributed by atoms with Gasteiger partial charge in [-0.05, 0) is 52.4 Å². The Labute approximate surface area is 87.9 Å². The van der Waals surface area contributed by atoms with Crippen LogP contribution in [-0.2, 0) is 6.42 Å². The molecule has 0 aliphatic rings. The number of hydrogen-bond donors (Lipinski definition) is 1. The summed E-state index contributed by atoms with van der Waals surface area (Å²) in [5.41, 5.74) is 2.21. The molecule has 0 unspecified atom stereocenters. The Morgan fingerprint density at radius 1 is 1.38 bits per heavy atom. The molecular weight excluding hydrogens is 228 g/mol. The van der Waals surface area contributed by atoms with Gasteiger partial charge in [0, 0.05) is 0 Å². The van der Waals surface area contributed by atoms with Gasteiger partial charge in [-0.1, -0.05) is 19.9 Å². The fourth-order valence-corrected chi connectivity index (χ4v) is 2.00. The van der Waals surface area contributed by atoms with Gasteiger partial charge in [0.15, 0.2) is 0 Å². The molecule has 0 saturated carbocycles. The predicted molar refractivity (Wildman–Crippen MR) is 59.1 cm³/mol. The molecular formula is C11H15BrO. The summed E-state index contributed by atoms with van der Waals surface area (Å²) < 4.78 is 0.795. The van der Waals surface area contributed by atoms with Crippen LogP contribution in [0.2, 0.25) is 0 Å². The van der Waals surface area contributed by atoms with Crippen molar-refractivity contribution in [3.05, 3.63) is 27.7 Å². The minimum absolute atomic E-state index is 0.354. The Morgan fingerprint density at radius 3 is 2.46 bits per heavy atom. The maximum atomic E-state index is 9.52. The van der Waals surface area contributed by atoms with E-state index in [0.717, 1.165) is 16.5 Å². The van der Waals surface area contributed by atoms with Crippen molar-refractivity contribution >= 4 is 15.9 Å². The van der Waals surface area contributed by atoms with Gasteiger partial charge in [-0.2, -0.15) is 0 Å². The minimum atomic E-state index is 0.354. The summed E-state index contributed by atoms with van der Waals surface area (Å²) in [5.74, 6) is 1.00. The Morgan fingerprint density at radius 2 is 2.00 bits per heavy atom. The molecule has 0 fully saturated rings. The van der Waals surface area contributed by atoms with Crippen LogP contribution >= 0.6 is 15.9 Å². The van der Waals surface area contributed by atoms with Gasteiger partial charge in [-0.15, -0.1) is 0 Å². The average molecular weight is 243 g/mol. The maximum absolute atomic E-state index is 9.52. The molecule has 1 rings (SSSR count). The van der Waals surface area contributed by atoms with Crippen molar-refractivity contribution in [2.24, 2.45) is 5.92 Å². The van der Waals surface area contributed by atoms with Crippen molar-refractivity contribution < 1.29 is 5.11 Å². The first kappa shape index (κ1) is 10.6. The zero-order valence-corrected chi connectivity index (χ0v) is 9.85. The van der Waals surface area contributed by atoms with Gasteiger partial charge in [0.05, 0.1) is 4.47 Å². The minimum Gasteiger partial charge on any atom is -0.506 e. The first-order chi connectivity index (χ1) is 6.00. The Balaban J connectivity index is 2.99. The van der Waals surface area contributed by atoms with Crippen LogP contribution in [0.15, 0.2) is 16.6 Å². The van der Waals surface area contributed by atoms with Crippen LogP contribution in [0.3, 0.4) is 0 Å². The Bertz CT molecular complexity index is 282. The standard InChI is InChI=1S/C11H15BrO/c1-7(2)4-9-5-8(3)11(13)10(12)6-9/h5-7,13H,4H2,1-3H3. The van der Waals surface area contributed by atoms with E-state index >= 15 is 0 Å². The summed E-state index contributed by atoms with van der Waals surface area (Å²) in [5, 5.41) is 9.52. The second kappa shape index (κ2) is 4.14. The number of halogens is 1. The number of phenols is 1. The van der Waals surface area contributed by atoms with Gasteiger partial charge in [-0.3, -0.25) is 0 Å². The van der Waals surface area contributed by atoms with Crippen LogP contribution in [0, 0.1) is 12.8 Å². The molecule has 0 heterocycles. The van der Waals surface area contributed by atoms with Crippen LogP contribution in [0.25, 0.3) is 0 Å². The number of aryl methyl sites for hydroxylation is 1. The van der Waals surface area contributed by atoms with Crippen LogP contribution in [0.1, 0.15) is 25.0 Å². The van der Waals surface area contributed by atoms with Crippen molar-refractivity contribution in [3.63, 3.8) is 0 Å². The highest BCUT2D eigenvalue weighted by atomic mass is 79.9. The van der Waals surface area contributed by atoms with E-state index in [2.05, 4.69) is 29.8 Å². The van der Waals surface area contributed by atoms with Gasteiger partial charge in [0.2, 0.25) is 0 Å². The lowest BCUT2D eigenvalue weighted by Crippen LogP contribution is -1.94. The molecule has 13 heavy (non-hydrogen) atoms. The van der Waals surface area contributed by atoms with Crippen LogP contribution < -0.4 is 0 Å². The van der Waals surface area contributed by atoms with Crippen molar-refractivity contribution in [1.29, 1.82) is 0 Å². The summed E-state index contributed by atoms with van der Waals surface area (Å²) in [7, 11) is 0. The summed E-state index contributed by atoms with van der Waals surface area (Å²) >= 11 is 3.34. The third-order valence-corrected chi connectivity index (χ3v) is 2.56. The van der Waals surface area contributed by atoms with E-state index in [4.69, 9.17) is 0 Å². The van der Waals surface area contributed by atoms with Crippen LogP contribution in [-0.4, -0.2) is 5.11 Å². The fraction of sp³-hybridized carbons (Fsp3) is 0.455. The lowest BCUT2D eigenvalue weighted by Gasteiger charge is -2.08. The molecule has 0 aliphatic carbocycles. The summed E-state index contributed by atoms with van der Waals surface area (Å²) in [6, 6.07) is 4.03. The number of rotatable bonds is 2. The SMILES string of the molecule is Cc1cc(CC(C)C)cc(Br)c1O. The number of benzene rings is 1. The van der Waals surface area contributed by atoms with Crippen LogP contribution in [0.4, 0.5) is 0 Å². The molecule has 1 N–H and O–H groups in total. The quantitative estimate of drug-likeness (QED) is 0.840. The fourth-order valence-electron chi connectivity index (χ4n) is 1.40. The van der Waals surface area contributed by atoms with Crippen molar-refractivity contribution in [3.8, 4) is 5.75 Å². The maximum Gasteiger partial charge on any atom is 0.132 e. The molecule has 0 bridgehead atoms. The Hall–Kier alpha value is -0.500. The normalized spacial score (nSPS) is 10.8. The summed E-state index contributed by atoms with van der Waals surface area (Å²) in [6.07, 6.45) is 1.06. The average Bonchev–Trinajstić information content (AvgIpc) is 1.98. The van der Waals surface area contributed by atoms with E-state index in [1.165, 1.54) is 5.56 Å². The molecule has 1 aromatic rings. The van der Waals surface area contributed by atoms with Gasteiger partial charge >= 0.3 is 0 Å². The smallest absolute Gasteiger partial charge is 0.132 e. The highest BCUT2D eigenvalue weighted by Gasteiger charge is 2.05. The zero-order chi connectivity index (χ0) is 10.0. The summed E-state index contributed by atoms with van der Waals surface area (Å²) in [6.45, 7) is 6.30. The summed E-state index contributed by atoms with van der Waals surface area (Å²) in [4.78, 5) is 0. The molecule has 0 amide bonds. The molecule has 0 atom stereocenters. The van der Waals surface area contributed by atoms with Crippen molar-refractivity contribution in [2.45, 2.75) is 27.2 Å². The highest BCUT2D eigenvalue weighted by molar-refractivity contribution is 9.10. The van der Waals surface area contributed by atoms with E-state index in [9.17, 15) is 5.11 Å². The van der Waals surface area contributed by atoms with Crippen molar-refractivity contribution in [2.75, 3.05) is 0 Å². The van der Waals surface area contributed by atoms with Crippen molar-refractivity contribution in [1.82, 2.24) is 0 Å². The van der Waals surface area contributed by atoms with Crippen LogP contribution in [0.5, 0.6) is 5.75 Å².